The van der Waals surface area contributed by atoms with Crippen LogP contribution in [0.4, 0.5) is 0 Å². The molecule has 0 bridgehead atoms. The van der Waals surface area contributed by atoms with Crippen LogP contribution >= 0.6 is 0 Å². The summed E-state index contributed by atoms with van der Waals surface area (Å²) in [5, 5.41) is 12.3. The molecule has 15 heavy (non-hydrogen) atoms. The Morgan fingerprint density at radius 3 is 2.80 bits per heavy atom. The topological polar surface area (TPSA) is 45.2 Å². The molecule has 84 valence electrons. The Bertz CT molecular complexity index is 301. The first-order valence-corrected chi connectivity index (χ1v) is 5.42. The van der Waals surface area contributed by atoms with Crippen molar-refractivity contribution in [2.75, 3.05) is 6.61 Å². The zero-order valence-electron chi connectivity index (χ0n) is 9.70. The Labute approximate surface area is 91.5 Å². The SMILES string of the molecule is Cc1ccncc1C(C)N[C@H](C)CCO. The third-order valence-electron chi connectivity index (χ3n) is 2.64. The maximum atomic E-state index is 8.82. The Kier molecular flexibility index (Phi) is 4.72. The number of hydrogen-bond donors (Lipinski definition) is 2. The van der Waals surface area contributed by atoms with E-state index in [1.165, 1.54) is 11.1 Å². The van der Waals surface area contributed by atoms with Gasteiger partial charge in [0.25, 0.3) is 0 Å². The van der Waals surface area contributed by atoms with Crippen LogP contribution in [0.2, 0.25) is 0 Å². The van der Waals surface area contributed by atoms with Crippen molar-refractivity contribution in [3.8, 4) is 0 Å². The normalized spacial score (nSPS) is 14.9. The van der Waals surface area contributed by atoms with E-state index in [1.54, 1.807) is 0 Å². The maximum absolute atomic E-state index is 8.82. The molecule has 2 N–H and O–H groups in total. The molecule has 1 aromatic heterocycles. The average molecular weight is 208 g/mol. The molecule has 0 amide bonds. The van der Waals surface area contributed by atoms with Gasteiger partial charge in [-0.05, 0) is 44.4 Å². The number of aliphatic hydroxyl groups is 1. The molecule has 0 saturated carbocycles. The van der Waals surface area contributed by atoms with Crippen molar-refractivity contribution >= 4 is 0 Å². The number of rotatable bonds is 5. The van der Waals surface area contributed by atoms with Gasteiger partial charge >= 0.3 is 0 Å². The second kappa shape index (κ2) is 5.83. The van der Waals surface area contributed by atoms with Gasteiger partial charge in [0.2, 0.25) is 0 Å². The Morgan fingerprint density at radius 1 is 1.47 bits per heavy atom. The smallest absolute Gasteiger partial charge is 0.0445 e. The van der Waals surface area contributed by atoms with Crippen molar-refractivity contribution in [2.24, 2.45) is 0 Å². The van der Waals surface area contributed by atoms with E-state index in [4.69, 9.17) is 5.11 Å². The van der Waals surface area contributed by atoms with Crippen LogP contribution < -0.4 is 5.32 Å². The number of nitrogens with zero attached hydrogens (tertiary/aromatic N) is 1. The summed E-state index contributed by atoms with van der Waals surface area (Å²) in [7, 11) is 0. The van der Waals surface area contributed by atoms with Gasteiger partial charge in [0.15, 0.2) is 0 Å². The first-order chi connectivity index (χ1) is 7.15. The van der Waals surface area contributed by atoms with Crippen LogP contribution in [0, 0.1) is 6.92 Å². The highest BCUT2D eigenvalue weighted by molar-refractivity contribution is 5.24. The van der Waals surface area contributed by atoms with Crippen LogP contribution in [-0.2, 0) is 0 Å². The van der Waals surface area contributed by atoms with Crippen molar-refractivity contribution in [1.82, 2.24) is 10.3 Å². The number of aliphatic hydroxyl groups excluding tert-OH is 1. The van der Waals surface area contributed by atoms with Crippen LogP contribution in [0.1, 0.15) is 37.4 Å². The van der Waals surface area contributed by atoms with Gasteiger partial charge in [-0.25, -0.2) is 0 Å². The van der Waals surface area contributed by atoms with E-state index >= 15 is 0 Å². The number of nitrogens with one attached hydrogen (secondary N) is 1. The lowest BCUT2D eigenvalue weighted by atomic mass is 10.0. The van der Waals surface area contributed by atoms with Crippen LogP contribution in [0.5, 0.6) is 0 Å². The van der Waals surface area contributed by atoms with Gasteiger partial charge in [-0.3, -0.25) is 4.98 Å². The zero-order valence-corrected chi connectivity index (χ0v) is 9.70. The largest absolute Gasteiger partial charge is 0.396 e. The van der Waals surface area contributed by atoms with Gasteiger partial charge in [0, 0.05) is 31.1 Å². The van der Waals surface area contributed by atoms with Gasteiger partial charge in [-0.2, -0.15) is 0 Å². The monoisotopic (exact) mass is 208 g/mol. The van der Waals surface area contributed by atoms with Gasteiger partial charge in [0.05, 0.1) is 0 Å². The highest BCUT2D eigenvalue weighted by Crippen LogP contribution is 2.16. The fourth-order valence-electron chi connectivity index (χ4n) is 1.72. The van der Waals surface area contributed by atoms with Crippen molar-refractivity contribution in [2.45, 2.75) is 39.3 Å². The predicted octanol–water partition coefficient (Wildman–Crippen LogP) is 1.81. The minimum atomic E-state index is 0.229. The quantitative estimate of drug-likeness (QED) is 0.775. The molecule has 0 saturated heterocycles. The Morgan fingerprint density at radius 2 is 2.20 bits per heavy atom. The van der Waals surface area contributed by atoms with Crippen LogP contribution in [0.15, 0.2) is 18.5 Å². The van der Waals surface area contributed by atoms with Crippen LogP contribution in [0.25, 0.3) is 0 Å². The van der Waals surface area contributed by atoms with Crippen molar-refractivity contribution < 1.29 is 5.11 Å². The third kappa shape index (κ3) is 3.61. The fourth-order valence-corrected chi connectivity index (χ4v) is 1.72. The molecule has 0 spiro atoms. The average Bonchev–Trinajstić information content (AvgIpc) is 2.18. The maximum Gasteiger partial charge on any atom is 0.0445 e. The van der Waals surface area contributed by atoms with Gasteiger partial charge in [-0.1, -0.05) is 0 Å². The Hall–Kier alpha value is -0.930. The fraction of sp³-hybridized carbons (Fsp3) is 0.583. The molecule has 0 aliphatic rings. The summed E-state index contributed by atoms with van der Waals surface area (Å²) in [6.45, 7) is 6.52. The molecule has 3 heteroatoms. The molecule has 0 aliphatic carbocycles. The van der Waals surface area contributed by atoms with E-state index in [1.807, 2.05) is 18.5 Å². The predicted molar refractivity (Wildman–Crippen MR) is 61.7 cm³/mol. The van der Waals surface area contributed by atoms with E-state index in [2.05, 4.69) is 31.1 Å². The lowest BCUT2D eigenvalue weighted by Crippen LogP contribution is -2.30. The number of aryl methyl sites for hydroxylation is 1. The third-order valence-corrected chi connectivity index (χ3v) is 2.64. The minimum Gasteiger partial charge on any atom is -0.396 e. The van der Waals surface area contributed by atoms with E-state index in [0.29, 0.717) is 6.04 Å². The second-order valence-corrected chi connectivity index (χ2v) is 4.03. The van der Waals surface area contributed by atoms with Crippen molar-refractivity contribution in [3.05, 3.63) is 29.6 Å². The summed E-state index contributed by atoms with van der Waals surface area (Å²) >= 11 is 0. The molecule has 3 nitrogen and oxygen atoms in total. The molecule has 2 atom stereocenters. The molecule has 0 radical (unpaired) electrons. The van der Waals surface area contributed by atoms with Crippen molar-refractivity contribution in [1.29, 1.82) is 0 Å². The lowest BCUT2D eigenvalue weighted by molar-refractivity contribution is 0.264. The van der Waals surface area contributed by atoms with Gasteiger partial charge in [0.1, 0.15) is 0 Å². The summed E-state index contributed by atoms with van der Waals surface area (Å²) < 4.78 is 0. The van der Waals surface area contributed by atoms with Crippen LogP contribution in [0.3, 0.4) is 0 Å². The van der Waals surface area contributed by atoms with E-state index in [9.17, 15) is 0 Å². The van der Waals surface area contributed by atoms with Gasteiger partial charge in [-0.15, -0.1) is 0 Å². The lowest BCUT2D eigenvalue weighted by Gasteiger charge is -2.20. The molecule has 1 heterocycles. The Balaban J connectivity index is 2.61. The summed E-state index contributed by atoms with van der Waals surface area (Å²) in [6.07, 6.45) is 4.49. The molecule has 1 rings (SSSR count). The second-order valence-electron chi connectivity index (χ2n) is 4.03. The molecule has 0 aliphatic heterocycles. The highest BCUT2D eigenvalue weighted by atomic mass is 16.3. The van der Waals surface area contributed by atoms with E-state index in [-0.39, 0.29) is 12.6 Å². The highest BCUT2D eigenvalue weighted by Gasteiger charge is 2.10. The number of hydrogen-bond acceptors (Lipinski definition) is 3. The zero-order chi connectivity index (χ0) is 11.3. The minimum absolute atomic E-state index is 0.229. The molecular formula is C12H20N2O. The number of pyridine rings is 1. The van der Waals surface area contributed by atoms with Crippen LogP contribution in [-0.4, -0.2) is 22.7 Å². The number of aromatic nitrogens is 1. The first-order valence-electron chi connectivity index (χ1n) is 5.42. The molecule has 0 fully saturated rings. The van der Waals surface area contributed by atoms with Crippen molar-refractivity contribution in [3.63, 3.8) is 0 Å². The molecule has 0 aromatic carbocycles. The van der Waals surface area contributed by atoms with Gasteiger partial charge < -0.3 is 10.4 Å². The summed E-state index contributed by atoms with van der Waals surface area (Å²) in [4.78, 5) is 4.13. The summed E-state index contributed by atoms with van der Waals surface area (Å²) in [5.41, 5.74) is 2.48. The standard InChI is InChI=1S/C12H20N2O/c1-9-4-6-13-8-12(9)11(3)14-10(2)5-7-15/h4,6,8,10-11,14-15H,5,7H2,1-3H3/t10-,11?/m1/s1. The summed E-state index contributed by atoms with van der Waals surface area (Å²) in [5.74, 6) is 0. The molecular weight excluding hydrogens is 188 g/mol. The molecule has 1 aromatic rings. The summed E-state index contributed by atoms with van der Waals surface area (Å²) in [6, 6.07) is 2.62. The van der Waals surface area contributed by atoms with E-state index < -0.39 is 0 Å². The first kappa shape index (κ1) is 12.1. The van der Waals surface area contributed by atoms with E-state index in [0.717, 1.165) is 6.42 Å². The molecule has 1 unspecified atom stereocenters.